The summed E-state index contributed by atoms with van der Waals surface area (Å²) in [6.45, 7) is 3.79. The van der Waals surface area contributed by atoms with Gasteiger partial charge < -0.3 is 10.4 Å². The first kappa shape index (κ1) is 9.78. The highest BCUT2D eigenvalue weighted by molar-refractivity contribution is 7.80. The Balaban J connectivity index is 3.40. The van der Waals surface area contributed by atoms with Crippen LogP contribution in [0.5, 0.6) is 0 Å². The quantitative estimate of drug-likeness (QED) is 0.505. The van der Waals surface area contributed by atoms with Gasteiger partial charge in [0.2, 0.25) is 5.91 Å². The monoisotopic (exact) mass is 163 g/mol. The number of carbonyl (C=O) groups is 1. The fourth-order valence-corrected chi connectivity index (χ4v) is 0.487. The molecule has 0 heterocycles. The number of hydrogen-bond donors (Lipinski definition) is 3. The molecule has 2 N–H and O–H groups in total. The maximum Gasteiger partial charge on any atom is 0.248 e. The number of thiol groups is 1. The summed E-state index contributed by atoms with van der Waals surface area (Å²) in [5.41, 5.74) is 0. The molecule has 0 aliphatic rings. The Morgan fingerprint density at radius 1 is 1.70 bits per heavy atom. The fraction of sp³-hybridized carbons (Fsp3) is 0.833. The average Bonchev–Trinajstić information content (AvgIpc) is 1.82. The Bertz CT molecular complexity index is 114. The standard InChI is InChI=1S/C6H13NO2S/c1-4(10)3-7-6(9)5(2)8/h4-5,8,10H,3H2,1-2H3,(H,7,9). The van der Waals surface area contributed by atoms with Crippen molar-refractivity contribution in [2.24, 2.45) is 0 Å². The third-order valence-corrected chi connectivity index (χ3v) is 1.13. The van der Waals surface area contributed by atoms with Crippen LogP contribution in [0.4, 0.5) is 0 Å². The molecule has 2 atom stereocenters. The molecular formula is C6H13NO2S. The molecule has 4 heteroatoms. The number of rotatable bonds is 3. The van der Waals surface area contributed by atoms with E-state index in [1.54, 1.807) is 0 Å². The van der Waals surface area contributed by atoms with E-state index in [1.807, 2.05) is 6.92 Å². The van der Waals surface area contributed by atoms with Gasteiger partial charge in [0.15, 0.2) is 0 Å². The molecule has 0 radical (unpaired) electrons. The number of aliphatic hydroxyl groups excluding tert-OH is 1. The summed E-state index contributed by atoms with van der Waals surface area (Å²) in [5.74, 6) is -0.346. The molecule has 0 bridgehead atoms. The lowest BCUT2D eigenvalue weighted by Gasteiger charge is -2.07. The topological polar surface area (TPSA) is 49.3 Å². The van der Waals surface area contributed by atoms with Crippen molar-refractivity contribution in [1.82, 2.24) is 5.32 Å². The van der Waals surface area contributed by atoms with Gasteiger partial charge >= 0.3 is 0 Å². The summed E-state index contributed by atoms with van der Waals surface area (Å²) in [5, 5.41) is 11.3. The Morgan fingerprint density at radius 3 is 2.50 bits per heavy atom. The second kappa shape index (κ2) is 4.57. The van der Waals surface area contributed by atoms with Gasteiger partial charge in [0.1, 0.15) is 6.10 Å². The minimum absolute atomic E-state index is 0.127. The van der Waals surface area contributed by atoms with Crippen molar-refractivity contribution >= 4 is 18.5 Å². The van der Waals surface area contributed by atoms with Crippen molar-refractivity contribution in [2.75, 3.05) is 6.54 Å². The van der Waals surface area contributed by atoms with Gasteiger partial charge in [-0.25, -0.2) is 0 Å². The van der Waals surface area contributed by atoms with Crippen LogP contribution in [0.15, 0.2) is 0 Å². The van der Waals surface area contributed by atoms with Gasteiger partial charge in [0, 0.05) is 11.8 Å². The van der Waals surface area contributed by atoms with Crippen molar-refractivity contribution in [3.8, 4) is 0 Å². The molecule has 0 aliphatic carbocycles. The Labute approximate surface area is 66.2 Å². The number of nitrogens with one attached hydrogen (secondary N) is 1. The van der Waals surface area contributed by atoms with Crippen LogP contribution < -0.4 is 5.32 Å². The zero-order chi connectivity index (χ0) is 8.15. The second-order valence-electron chi connectivity index (χ2n) is 2.27. The Morgan fingerprint density at radius 2 is 2.20 bits per heavy atom. The van der Waals surface area contributed by atoms with Gasteiger partial charge in [-0.3, -0.25) is 4.79 Å². The van der Waals surface area contributed by atoms with Crippen molar-refractivity contribution < 1.29 is 9.90 Å². The Kier molecular flexibility index (Phi) is 4.47. The maximum atomic E-state index is 10.7. The lowest BCUT2D eigenvalue weighted by molar-refractivity contribution is -0.128. The first-order chi connectivity index (χ1) is 4.54. The first-order valence-corrected chi connectivity index (χ1v) is 3.69. The Hall–Kier alpha value is -0.220. The zero-order valence-electron chi connectivity index (χ0n) is 6.16. The maximum absolute atomic E-state index is 10.7. The molecular weight excluding hydrogens is 150 g/mol. The molecule has 0 aromatic rings. The van der Waals surface area contributed by atoms with Crippen LogP contribution in [-0.2, 0) is 4.79 Å². The van der Waals surface area contributed by atoms with E-state index in [9.17, 15) is 4.79 Å². The highest BCUT2D eigenvalue weighted by atomic mass is 32.1. The summed E-state index contributed by atoms with van der Waals surface area (Å²) in [6, 6.07) is 0. The zero-order valence-corrected chi connectivity index (χ0v) is 7.06. The van der Waals surface area contributed by atoms with Gasteiger partial charge in [-0.1, -0.05) is 6.92 Å². The van der Waals surface area contributed by atoms with E-state index < -0.39 is 6.10 Å². The molecule has 0 saturated carbocycles. The fourth-order valence-electron chi connectivity index (χ4n) is 0.396. The van der Waals surface area contributed by atoms with Gasteiger partial charge in [-0.05, 0) is 6.92 Å². The molecule has 0 saturated heterocycles. The van der Waals surface area contributed by atoms with Crippen LogP contribution in [0.2, 0.25) is 0 Å². The van der Waals surface area contributed by atoms with E-state index >= 15 is 0 Å². The lowest BCUT2D eigenvalue weighted by atomic mass is 10.3. The van der Waals surface area contributed by atoms with Crippen LogP contribution >= 0.6 is 12.6 Å². The summed E-state index contributed by atoms with van der Waals surface area (Å²) >= 11 is 4.04. The molecule has 0 aromatic heterocycles. The molecule has 0 spiro atoms. The van der Waals surface area contributed by atoms with E-state index in [4.69, 9.17) is 5.11 Å². The van der Waals surface area contributed by atoms with Crippen LogP contribution in [0.3, 0.4) is 0 Å². The van der Waals surface area contributed by atoms with Crippen molar-refractivity contribution in [3.05, 3.63) is 0 Å². The van der Waals surface area contributed by atoms with Gasteiger partial charge in [-0.2, -0.15) is 12.6 Å². The molecule has 0 aromatic carbocycles. The van der Waals surface area contributed by atoms with Gasteiger partial charge in [0.05, 0.1) is 0 Å². The summed E-state index contributed by atoms with van der Waals surface area (Å²) in [7, 11) is 0. The molecule has 2 unspecified atom stereocenters. The van der Waals surface area contributed by atoms with Crippen molar-refractivity contribution in [3.63, 3.8) is 0 Å². The SMILES string of the molecule is CC(S)CNC(=O)C(C)O. The van der Waals surface area contributed by atoms with Crippen LogP contribution in [-0.4, -0.2) is 28.9 Å². The van der Waals surface area contributed by atoms with E-state index in [0.29, 0.717) is 6.54 Å². The van der Waals surface area contributed by atoms with Crippen molar-refractivity contribution in [2.45, 2.75) is 25.2 Å². The average molecular weight is 163 g/mol. The largest absolute Gasteiger partial charge is 0.384 e. The molecule has 0 fully saturated rings. The predicted octanol–water partition coefficient (Wildman–Crippen LogP) is -0.198. The third-order valence-electron chi connectivity index (χ3n) is 0.951. The highest BCUT2D eigenvalue weighted by Gasteiger charge is 2.07. The van der Waals surface area contributed by atoms with Crippen LogP contribution in [0.1, 0.15) is 13.8 Å². The van der Waals surface area contributed by atoms with Gasteiger partial charge in [0.25, 0.3) is 0 Å². The second-order valence-corrected chi connectivity index (χ2v) is 3.15. The van der Waals surface area contributed by atoms with E-state index in [0.717, 1.165) is 0 Å². The molecule has 0 rings (SSSR count). The normalized spacial score (nSPS) is 16.0. The number of carbonyl (C=O) groups excluding carboxylic acids is 1. The first-order valence-electron chi connectivity index (χ1n) is 3.18. The number of hydrogen-bond acceptors (Lipinski definition) is 3. The van der Waals surface area contributed by atoms with Crippen LogP contribution in [0, 0.1) is 0 Å². The highest BCUT2D eigenvalue weighted by Crippen LogP contribution is 1.88. The molecule has 60 valence electrons. The van der Waals surface area contributed by atoms with Crippen molar-refractivity contribution in [1.29, 1.82) is 0 Å². The summed E-state index contributed by atoms with van der Waals surface area (Å²) in [6.07, 6.45) is -0.924. The molecule has 0 aliphatic heterocycles. The summed E-state index contributed by atoms with van der Waals surface area (Å²) in [4.78, 5) is 10.7. The van der Waals surface area contributed by atoms with E-state index in [1.165, 1.54) is 6.92 Å². The predicted molar refractivity (Wildman–Crippen MR) is 43.1 cm³/mol. The molecule has 3 nitrogen and oxygen atoms in total. The van der Waals surface area contributed by atoms with Crippen LogP contribution in [0.25, 0.3) is 0 Å². The number of amides is 1. The van der Waals surface area contributed by atoms with E-state index in [2.05, 4.69) is 17.9 Å². The smallest absolute Gasteiger partial charge is 0.248 e. The molecule has 10 heavy (non-hydrogen) atoms. The van der Waals surface area contributed by atoms with E-state index in [-0.39, 0.29) is 11.2 Å². The van der Waals surface area contributed by atoms with Gasteiger partial charge in [-0.15, -0.1) is 0 Å². The third kappa shape index (κ3) is 4.64. The minimum Gasteiger partial charge on any atom is -0.384 e. The molecule has 1 amide bonds. The lowest BCUT2D eigenvalue weighted by Crippen LogP contribution is -2.35. The summed E-state index contributed by atoms with van der Waals surface area (Å²) < 4.78 is 0. The minimum atomic E-state index is -0.924. The number of aliphatic hydroxyl groups is 1.